The van der Waals surface area contributed by atoms with Gasteiger partial charge in [-0.25, -0.2) is 50.3 Å². The van der Waals surface area contributed by atoms with E-state index in [0.29, 0.717) is 69.5 Å². The van der Waals surface area contributed by atoms with Gasteiger partial charge in [0.15, 0.2) is 0 Å². The number of alkyl carbamates (subject to hydrolysis) is 2. The zero-order chi connectivity index (χ0) is 78.0. The van der Waals surface area contributed by atoms with Gasteiger partial charge in [0.2, 0.25) is 11.8 Å². The van der Waals surface area contributed by atoms with E-state index in [-0.39, 0.29) is 74.7 Å². The third-order valence-electron chi connectivity index (χ3n) is 23.4. The number of hydrogen-bond donors (Lipinski definition) is 11. The van der Waals surface area contributed by atoms with Crippen LogP contribution in [0.5, 0.6) is 0 Å². The van der Waals surface area contributed by atoms with Gasteiger partial charge in [-0.05, 0) is 182 Å². The highest BCUT2D eigenvalue weighted by atomic mass is 32.2. The van der Waals surface area contributed by atoms with Gasteiger partial charge in [0.25, 0.3) is 31.9 Å². The third kappa shape index (κ3) is 20.9. The van der Waals surface area contributed by atoms with Gasteiger partial charge in [0.05, 0.1) is 17.4 Å². The average Bonchev–Trinajstić information content (AvgIpc) is 1.54. The van der Waals surface area contributed by atoms with E-state index in [2.05, 4.69) is 87.5 Å². The number of carboxylic acid groups (broad SMARTS) is 2. The maximum Gasteiger partial charge on any atom is 0.410 e. The van der Waals surface area contributed by atoms with Crippen molar-refractivity contribution in [2.75, 3.05) is 36.8 Å². The molecule has 8 fully saturated rings. The summed E-state index contributed by atoms with van der Waals surface area (Å²) in [7, 11) is -8.67. The fourth-order valence-corrected chi connectivity index (χ4v) is 18.6. The van der Waals surface area contributed by atoms with E-state index in [1.807, 2.05) is 0 Å². The number of ether oxygens (including phenoxy) is 3. The summed E-state index contributed by atoms with van der Waals surface area (Å²) in [5.41, 5.74) is -3.11. The first-order chi connectivity index (χ1) is 50.4. The van der Waals surface area contributed by atoms with Crippen LogP contribution in [0.2, 0.25) is 0 Å². The number of likely N-dealkylation sites (tertiary alicyclic amines) is 1. The molecule has 11 N–H and O–H groups in total. The summed E-state index contributed by atoms with van der Waals surface area (Å²) < 4.78 is 75.2. The number of hydrogen-bond acceptors (Lipinski definition) is 19. The summed E-state index contributed by atoms with van der Waals surface area (Å²) in [4.78, 5) is 117. The van der Waals surface area contributed by atoms with Gasteiger partial charge in [0, 0.05) is 38.0 Å². The molecule has 2 aromatic carbocycles. The predicted molar refractivity (Wildman–Crippen MR) is 400 cm³/mol. The standard InChI is InChI=1S/C41H61N5O10S.C36H53N5O8S/c1-7-27-23-41(27,44-33(47)31-24-40(25-39(40,5)6)26-46(31)37(52)56-38(2,3)4)35(50)45-57(53,54)32-21-15-14-19-29(32)42-22-16-10-8-9-11-20-30(34(48)49)43-36(51)55-28-17-12-13-18-28;1-4-24-20-36(24,40-30(42)28-21-35(23-38-28)22-34(35,2)3)32(45)41-50(47,48)29-18-12-11-16-26(29)37-19-13-7-5-6-8-17-27(31(43)44)39-33(46)49-25-14-9-10-15-25/h7,14-15,19,21,27-28,30-31,42H,1,8-13,16-18,20,22-26H2,2-6H3,(H,43,51)(H,44,47)(H,45,50)(H,48,49);4,11-12,16,18,24-25,27-28,37-38H,1,5-10,13-15,17,19-23H2,2-3H3,(H,39,46)(H,40,42)(H,41,45)(H,43,44)/t27-,30+,31?,40+,41-;24-,27+,28?,35+,36-/m11/s1. The van der Waals surface area contributed by atoms with Gasteiger partial charge in [-0.2, -0.15) is 0 Å². The molecule has 107 heavy (non-hydrogen) atoms. The van der Waals surface area contributed by atoms with Crippen molar-refractivity contribution >= 4 is 85.3 Å². The predicted octanol–water partition coefficient (Wildman–Crippen LogP) is 10.1. The first kappa shape index (κ1) is 83.1. The molecular formula is C77H114N10O18S2. The molecule has 2 heterocycles. The Morgan fingerprint density at radius 1 is 0.579 bits per heavy atom. The minimum atomic E-state index is -4.39. The second-order valence-corrected chi connectivity index (χ2v) is 36.5. The minimum absolute atomic E-state index is 0.0698. The Morgan fingerprint density at radius 3 is 1.36 bits per heavy atom. The largest absolute Gasteiger partial charge is 0.480 e. The van der Waals surface area contributed by atoms with E-state index in [1.165, 1.54) is 23.1 Å². The van der Waals surface area contributed by atoms with Gasteiger partial charge in [0.1, 0.15) is 56.8 Å². The van der Waals surface area contributed by atoms with Crippen molar-refractivity contribution in [2.45, 2.75) is 278 Å². The second kappa shape index (κ2) is 34.3. The van der Waals surface area contributed by atoms with Crippen molar-refractivity contribution < 1.29 is 84.4 Å². The van der Waals surface area contributed by atoms with Crippen molar-refractivity contribution in [3.8, 4) is 0 Å². The van der Waals surface area contributed by atoms with E-state index >= 15 is 0 Å². The highest BCUT2D eigenvalue weighted by molar-refractivity contribution is 7.90. The number of carbonyl (C=O) groups is 9. The van der Waals surface area contributed by atoms with Crippen molar-refractivity contribution in [3.05, 3.63) is 73.8 Å². The molecule has 2 spiro atoms. The fourth-order valence-electron chi connectivity index (χ4n) is 16.2. The molecule has 6 aliphatic carbocycles. The summed E-state index contributed by atoms with van der Waals surface area (Å²) in [6.45, 7) is 23.4. The van der Waals surface area contributed by atoms with Crippen molar-refractivity contribution in [2.24, 2.45) is 33.5 Å². The van der Waals surface area contributed by atoms with Gasteiger partial charge in [-0.1, -0.05) is 115 Å². The van der Waals surface area contributed by atoms with Gasteiger partial charge in [-0.15, -0.1) is 13.2 Å². The number of nitrogens with zero attached hydrogens (tertiary/aromatic N) is 1. The lowest BCUT2D eigenvalue weighted by Gasteiger charge is -2.29. The number of sulfonamides is 2. The van der Waals surface area contributed by atoms with Crippen molar-refractivity contribution in [3.63, 3.8) is 0 Å². The molecule has 2 aromatic rings. The molecule has 30 heteroatoms. The Labute approximate surface area is 629 Å². The molecule has 2 saturated heterocycles. The van der Waals surface area contributed by atoms with Crippen LogP contribution >= 0.6 is 0 Å². The van der Waals surface area contributed by atoms with Crippen LogP contribution in [0.1, 0.15) is 215 Å². The monoisotopic (exact) mass is 1530 g/mol. The third-order valence-corrected chi connectivity index (χ3v) is 26.1. The lowest BCUT2D eigenvalue weighted by atomic mass is 9.93. The van der Waals surface area contributed by atoms with E-state index in [4.69, 9.17) is 14.2 Å². The maximum absolute atomic E-state index is 14.0. The smallest absolute Gasteiger partial charge is 0.410 e. The SMILES string of the molecule is C=C[C@@H]1C[C@]1(NC(=O)C1C[C@@]2(CN1)CC2(C)C)C(=O)NS(=O)(=O)c1ccccc1NCCCCCCC[C@H](NC(=O)OC1CCCC1)C(=O)O.C=C[C@@H]1C[C@]1(NC(=O)C1C[C@@]2(CN1C(=O)OC(C)(C)C)CC2(C)C)C(=O)NS(=O)(=O)c1ccccc1NCCCCCCC[C@H](NC(=O)OC1CCCC1)C(=O)O. The molecule has 10 rings (SSSR count). The lowest BCUT2D eigenvalue weighted by Crippen LogP contribution is -2.56. The quantitative estimate of drug-likeness (QED) is 0.0172. The fraction of sp³-hybridized carbons (Fsp3) is 0.675. The number of anilines is 2. The Hall–Kier alpha value is -7.99. The Kier molecular flexibility index (Phi) is 26.6. The molecule has 10 atom stereocenters. The van der Waals surface area contributed by atoms with E-state index in [1.54, 1.807) is 63.2 Å². The molecule has 6 saturated carbocycles. The highest BCUT2D eigenvalue weighted by Gasteiger charge is 2.69. The Balaban J connectivity index is 0.000000249. The van der Waals surface area contributed by atoms with E-state index in [0.717, 1.165) is 116 Å². The zero-order valence-corrected chi connectivity index (χ0v) is 64.8. The number of rotatable bonds is 36. The molecule has 0 radical (unpaired) electrons. The molecule has 28 nitrogen and oxygen atoms in total. The van der Waals surface area contributed by atoms with Crippen LogP contribution in [0.4, 0.5) is 25.8 Å². The molecule has 2 unspecified atom stereocenters. The summed E-state index contributed by atoms with van der Waals surface area (Å²) in [5.74, 6) is -5.60. The molecule has 2 aliphatic heterocycles. The number of nitrogens with one attached hydrogen (secondary N) is 9. The van der Waals surface area contributed by atoms with Crippen LogP contribution in [0.15, 0.2) is 83.6 Å². The lowest BCUT2D eigenvalue weighted by molar-refractivity contribution is -0.140. The van der Waals surface area contributed by atoms with E-state index < -0.39 is 115 Å². The first-order valence-electron chi connectivity index (χ1n) is 38.3. The normalized spacial score (nSPS) is 26.4. The number of benzene rings is 2. The summed E-state index contributed by atoms with van der Waals surface area (Å²) in [5, 5.41) is 39.3. The number of aliphatic carboxylic acids is 2. The maximum atomic E-state index is 14.0. The zero-order valence-electron chi connectivity index (χ0n) is 63.2. The van der Waals surface area contributed by atoms with Gasteiger partial charge < -0.3 is 61.6 Å². The van der Waals surface area contributed by atoms with Crippen molar-refractivity contribution in [1.82, 2.24) is 40.9 Å². The van der Waals surface area contributed by atoms with Crippen LogP contribution in [0.3, 0.4) is 0 Å². The van der Waals surface area contributed by atoms with Crippen LogP contribution < -0.4 is 46.7 Å². The van der Waals surface area contributed by atoms with Gasteiger partial charge >= 0.3 is 30.2 Å². The Bertz CT molecular complexity index is 3850. The van der Waals surface area contributed by atoms with Crippen molar-refractivity contribution in [1.29, 1.82) is 0 Å². The average molecular weight is 1530 g/mol. The highest BCUT2D eigenvalue weighted by Crippen LogP contribution is 2.69. The van der Waals surface area contributed by atoms with E-state index in [9.17, 15) is 70.2 Å². The van der Waals surface area contributed by atoms with Crippen LogP contribution in [0, 0.1) is 33.5 Å². The number of para-hydroxylation sites is 2. The molecule has 0 bridgehead atoms. The second-order valence-electron chi connectivity index (χ2n) is 33.2. The minimum Gasteiger partial charge on any atom is -0.480 e. The molecule has 7 amide bonds. The van der Waals surface area contributed by atoms with Crippen LogP contribution in [0.25, 0.3) is 0 Å². The number of carbonyl (C=O) groups excluding carboxylic acids is 7. The summed E-state index contributed by atoms with van der Waals surface area (Å²) in [6, 6.07) is 9.25. The van der Waals surface area contributed by atoms with Crippen LogP contribution in [-0.4, -0.2) is 165 Å². The number of unbranched alkanes of at least 4 members (excludes halogenated alkanes) is 8. The molecular weight excluding hydrogens is 1420 g/mol. The first-order valence-corrected chi connectivity index (χ1v) is 41.2. The van der Waals surface area contributed by atoms with Gasteiger partial charge in [-0.3, -0.25) is 24.1 Å². The molecule has 0 aromatic heterocycles. The topological polar surface area (TPSA) is 402 Å². The molecule has 592 valence electrons. The number of amides is 7. The molecule has 8 aliphatic rings. The summed E-state index contributed by atoms with van der Waals surface area (Å²) in [6.07, 6.45) is 19.5. The van der Waals surface area contributed by atoms with Crippen LogP contribution in [-0.2, 0) is 63.0 Å². The Morgan fingerprint density at radius 2 is 0.981 bits per heavy atom. The summed E-state index contributed by atoms with van der Waals surface area (Å²) >= 11 is 0. The number of carboxylic acids is 2.